The summed E-state index contributed by atoms with van der Waals surface area (Å²) in [6, 6.07) is 17.8. The van der Waals surface area contributed by atoms with Crippen LogP contribution in [0.15, 0.2) is 57.8 Å². The van der Waals surface area contributed by atoms with Crippen LogP contribution in [0, 0.1) is 0 Å². The van der Waals surface area contributed by atoms with Gasteiger partial charge in [-0.15, -0.1) is 0 Å². The largest absolute Gasteiger partial charge is 0.302 e. The van der Waals surface area contributed by atoms with Gasteiger partial charge in [0.1, 0.15) is 5.71 Å². The minimum atomic E-state index is -0.0283. The van der Waals surface area contributed by atoms with Gasteiger partial charge in [-0.05, 0) is 11.6 Å². The molecule has 1 aliphatic heterocycles. The smallest absolute Gasteiger partial charge is 0.278 e. The fourth-order valence-corrected chi connectivity index (χ4v) is 2.73. The summed E-state index contributed by atoms with van der Waals surface area (Å²) in [6.45, 7) is 0.576. The predicted molar refractivity (Wildman–Crippen MR) is 84.6 cm³/mol. The Hall–Kier alpha value is -1.69. The summed E-state index contributed by atoms with van der Waals surface area (Å²) in [5.41, 5.74) is 3.50. The molecule has 0 atom stereocenters. The van der Waals surface area contributed by atoms with Gasteiger partial charge in [0.05, 0.1) is 35.1 Å². The Kier molecular flexibility index (Phi) is 3.33. The molecule has 1 aliphatic rings. The summed E-state index contributed by atoms with van der Waals surface area (Å²) in [5, 5.41) is 0. The molecule has 4 heteroatoms. The molecule has 2 aromatic rings. The molecule has 94 valence electrons. The Bertz CT molecular complexity index is 652. The fraction of sp³-hybridized carbons (Fsp3) is 0.0667. The normalized spacial score (nSPS) is 15.9. The number of halogens is 1. The SMILES string of the molecule is O=C1/C(=N\I)c2ccccc2N1Cc1ccccc1. The van der Waals surface area contributed by atoms with Gasteiger partial charge in [-0.2, -0.15) is 0 Å². The molecule has 3 nitrogen and oxygen atoms in total. The van der Waals surface area contributed by atoms with Gasteiger partial charge in [0.2, 0.25) is 0 Å². The highest BCUT2D eigenvalue weighted by Gasteiger charge is 2.33. The maximum absolute atomic E-state index is 12.4. The van der Waals surface area contributed by atoms with Crippen LogP contribution in [0.5, 0.6) is 0 Å². The zero-order valence-electron chi connectivity index (χ0n) is 10.1. The van der Waals surface area contributed by atoms with Gasteiger partial charge >= 0.3 is 0 Å². The highest BCUT2D eigenvalue weighted by molar-refractivity contribution is 14.1. The van der Waals surface area contributed by atoms with E-state index in [1.165, 1.54) is 0 Å². The van der Waals surface area contributed by atoms with E-state index >= 15 is 0 Å². The number of rotatable bonds is 2. The van der Waals surface area contributed by atoms with E-state index in [9.17, 15) is 4.79 Å². The van der Waals surface area contributed by atoms with Crippen molar-refractivity contribution in [2.24, 2.45) is 3.21 Å². The standard InChI is InChI=1S/C15H11IN2O/c16-17-14-12-8-4-5-9-13(12)18(15(14)19)10-11-6-2-1-3-7-11/h1-9H,10H2/b17-14-. The first kappa shape index (κ1) is 12.3. The maximum atomic E-state index is 12.4. The lowest BCUT2D eigenvalue weighted by Crippen LogP contribution is -2.29. The molecule has 0 saturated carbocycles. The second-order valence-corrected chi connectivity index (χ2v) is 4.81. The van der Waals surface area contributed by atoms with Crippen molar-refractivity contribution in [1.82, 2.24) is 0 Å². The zero-order chi connectivity index (χ0) is 13.2. The number of fused-ring (bicyclic) bond motifs is 1. The van der Waals surface area contributed by atoms with E-state index in [1.807, 2.05) is 77.5 Å². The molecule has 1 heterocycles. The molecule has 1 amide bonds. The molecule has 0 unspecified atom stereocenters. The van der Waals surface area contributed by atoms with Crippen LogP contribution in [0.2, 0.25) is 0 Å². The molecule has 3 rings (SSSR count). The summed E-state index contributed by atoms with van der Waals surface area (Å²) in [5.74, 6) is -0.0283. The van der Waals surface area contributed by atoms with Crippen LogP contribution < -0.4 is 4.90 Å². The molecular weight excluding hydrogens is 351 g/mol. The highest BCUT2D eigenvalue weighted by Crippen LogP contribution is 2.30. The molecule has 19 heavy (non-hydrogen) atoms. The average Bonchev–Trinajstić information content (AvgIpc) is 2.73. The summed E-state index contributed by atoms with van der Waals surface area (Å²) in [7, 11) is 0. The van der Waals surface area contributed by atoms with Crippen molar-refractivity contribution in [3.63, 3.8) is 0 Å². The van der Waals surface area contributed by atoms with Gasteiger partial charge < -0.3 is 4.90 Å². The monoisotopic (exact) mass is 362 g/mol. The van der Waals surface area contributed by atoms with E-state index in [-0.39, 0.29) is 5.91 Å². The van der Waals surface area contributed by atoms with E-state index in [1.54, 1.807) is 4.90 Å². The third-order valence-electron chi connectivity index (χ3n) is 3.17. The zero-order valence-corrected chi connectivity index (χ0v) is 12.2. The molecule has 0 saturated heterocycles. The summed E-state index contributed by atoms with van der Waals surface area (Å²) < 4.78 is 4.10. The first-order valence-electron chi connectivity index (χ1n) is 5.95. The van der Waals surface area contributed by atoms with Crippen molar-refractivity contribution in [2.45, 2.75) is 6.54 Å². The van der Waals surface area contributed by atoms with Crippen LogP contribution in [0.1, 0.15) is 11.1 Å². The van der Waals surface area contributed by atoms with Gasteiger partial charge in [0.15, 0.2) is 0 Å². The maximum Gasteiger partial charge on any atom is 0.278 e. The first-order valence-corrected chi connectivity index (χ1v) is 6.92. The number of carbonyl (C=O) groups is 1. The lowest BCUT2D eigenvalue weighted by Gasteiger charge is -2.16. The number of anilines is 1. The Morgan fingerprint density at radius 3 is 2.42 bits per heavy atom. The van der Waals surface area contributed by atoms with E-state index in [0.717, 1.165) is 16.8 Å². The van der Waals surface area contributed by atoms with Crippen molar-refractivity contribution < 1.29 is 4.79 Å². The summed E-state index contributed by atoms with van der Waals surface area (Å²) >= 11 is 1.88. The van der Waals surface area contributed by atoms with Crippen molar-refractivity contribution in [3.05, 3.63) is 65.7 Å². The number of benzene rings is 2. The van der Waals surface area contributed by atoms with Crippen LogP contribution in [0.4, 0.5) is 5.69 Å². The minimum absolute atomic E-state index is 0.0283. The van der Waals surface area contributed by atoms with Crippen LogP contribution in [0.25, 0.3) is 0 Å². The molecule has 0 aliphatic carbocycles. The summed E-state index contributed by atoms with van der Waals surface area (Å²) in [6.07, 6.45) is 0. The van der Waals surface area contributed by atoms with Crippen LogP contribution in [-0.2, 0) is 11.3 Å². The summed E-state index contributed by atoms with van der Waals surface area (Å²) in [4.78, 5) is 14.2. The topological polar surface area (TPSA) is 32.7 Å². The first-order chi connectivity index (χ1) is 9.31. The van der Waals surface area contributed by atoms with E-state index in [4.69, 9.17) is 0 Å². The van der Waals surface area contributed by atoms with Crippen molar-refractivity contribution in [1.29, 1.82) is 0 Å². The molecular formula is C15H11IN2O. The average molecular weight is 362 g/mol. The van der Waals surface area contributed by atoms with Crippen molar-refractivity contribution in [2.75, 3.05) is 4.90 Å². The molecule has 0 spiro atoms. The Morgan fingerprint density at radius 1 is 1.00 bits per heavy atom. The van der Waals surface area contributed by atoms with Crippen molar-refractivity contribution in [3.8, 4) is 0 Å². The number of nitrogens with zero attached hydrogens (tertiary/aromatic N) is 2. The number of carbonyl (C=O) groups excluding carboxylic acids is 1. The third-order valence-corrected chi connectivity index (χ3v) is 3.65. The number of hydrogen-bond donors (Lipinski definition) is 0. The Morgan fingerprint density at radius 2 is 1.68 bits per heavy atom. The molecule has 0 aromatic heterocycles. The van der Waals surface area contributed by atoms with Gasteiger partial charge in [-0.3, -0.25) is 4.79 Å². The number of hydrogen-bond acceptors (Lipinski definition) is 2. The molecule has 0 radical (unpaired) electrons. The van der Waals surface area contributed by atoms with Gasteiger partial charge in [0.25, 0.3) is 5.91 Å². The highest BCUT2D eigenvalue weighted by atomic mass is 127. The van der Waals surface area contributed by atoms with E-state index in [2.05, 4.69) is 3.21 Å². The Labute approximate surface area is 125 Å². The number of amides is 1. The van der Waals surface area contributed by atoms with Gasteiger partial charge in [-0.25, -0.2) is 3.21 Å². The van der Waals surface area contributed by atoms with Crippen LogP contribution in [-0.4, -0.2) is 11.6 Å². The van der Waals surface area contributed by atoms with Gasteiger partial charge in [-0.1, -0.05) is 48.5 Å². The lowest BCUT2D eigenvalue weighted by molar-refractivity contribution is -0.112. The Balaban J connectivity index is 2.01. The van der Waals surface area contributed by atoms with E-state index in [0.29, 0.717) is 12.3 Å². The van der Waals surface area contributed by atoms with E-state index < -0.39 is 0 Å². The second kappa shape index (κ2) is 5.13. The van der Waals surface area contributed by atoms with Crippen LogP contribution in [0.3, 0.4) is 0 Å². The lowest BCUT2D eigenvalue weighted by atomic mass is 10.1. The van der Waals surface area contributed by atoms with Crippen LogP contribution >= 0.6 is 22.9 Å². The number of para-hydroxylation sites is 1. The molecule has 0 bridgehead atoms. The molecule has 0 N–H and O–H groups in total. The van der Waals surface area contributed by atoms with Gasteiger partial charge in [0, 0.05) is 5.56 Å². The third kappa shape index (κ3) is 2.16. The fourth-order valence-electron chi connectivity index (χ4n) is 2.27. The molecule has 2 aromatic carbocycles. The quantitative estimate of drug-likeness (QED) is 0.754. The second-order valence-electron chi connectivity index (χ2n) is 4.33. The molecule has 0 fully saturated rings. The van der Waals surface area contributed by atoms with Crippen molar-refractivity contribution >= 4 is 40.2 Å². The minimum Gasteiger partial charge on any atom is -0.302 e. The predicted octanol–water partition coefficient (Wildman–Crippen LogP) is 3.37.